The van der Waals surface area contributed by atoms with Crippen molar-refractivity contribution in [1.29, 1.82) is 0 Å². The molecule has 0 fully saturated rings. The Hall–Kier alpha value is -2.29. The van der Waals surface area contributed by atoms with Crippen LogP contribution in [-0.4, -0.2) is 19.1 Å². The molecule has 2 rings (SSSR count). The largest absolute Gasteiger partial charge is 0.480 e. The van der Waals surface area contributed by atoms with Crippen LogP contribution in [0.5, 0.6) is 5.75 Å². The Morgan fingerprint density at radius 2 is 1.71 bits per heavy atom. The molecule has 3 nitrogen and oxygen atoms in total. The number of hydrogen-bond acceptors (Lipinski definition) is 2. The second-order valence-corrected chi connectivity index (χ2v) is 5.01. The fourth-order valence-electron chi connectivity index (χ4n) is 2.15. The zero-order valence-corrected chi connectivity index (χ0v) is 12.7. The van der Waals surface area contributed by atoms with Crippen molar-refractivity contribution >= 4 is 11.6 Å². The lowest BCUT2D eigenvalue weighted by molar-refractivity contribution is -0.125. The Bertz CT molecular complexity index is 595. The summed E-state index contributed by atoms with van der Waals surface area (Å²) >= 11 is 0. The number of para-hydroxylation sites is 2. The number of rotatable bonds is 5. The summed E-state index contributed by atoms with van der Waals surface area (Å²) in [5.41, 5.74) is 1.90. The second kappa shape index (κ2) is 6.93. The molecule has 0 spiro atoms. The highest BCUT2D eigenvalue weighted by Crippen LogP contribution is 2.21. The first kappa shape index (κ1) is 15.1. The number of benzene rings is 2. The third-order valence-electron chi connectivity index (χ3n) is 3.48. The van der Waals surface area contributed by atoms with Crippen LogP contribution in [0.15, 0.2) is 54.6 Å². The van der Waals surface area contributed by atoms with Crippen LogP contribution in [-0.2, 0) is 4.79 Å². The van der Waals surface area contributed by atoms with Crippen molar-refractivity contribution in [3.63, 3.8) is 0 Å². The van der Waals surface area contributed by atoms with Crippen LogP contribution in [0.4, 0.5) is 5.69 Å². The van der Waals surface area contributed by atoms with E-state index in [4.69, 9.17) is 4.74 Å². The summed E-state index contributed by atoms with van der Waals surface area (Å²) in [6, 6.07) is 17.4. The molecule has 0 bridgehead atoms. The van der Waals surface area contributed by atoms with Crippen LogP contribution in [0.25, 0.3) is 0 Å². The van der Waals surface area contributed by atoms with Gasteiger partial charge in [0.2, 0.25) is 0 Å². The first-order valence-corrected chi connectivity index (χ1v) is 7.18. The summed E-state index contributed by atoms with van der Waals surface area (Å²) in [4.78, 5) is 14.2. The summed E-state index contributed by atoms with van der Waals surface area (Å²) in [5.74, 6) is 0.728. The van der Waals surface area contributed by atoms with Gasteiger partial charge in [0.05, 0.1) is 0 Å². The van der Waals surface area contributed by atoms with Crippen LogP contribution >= 0.6 is 0 Å². The minimum absolute atomic E-state index is 0.0352. The standard InChI is InChI=1S/C18H21NO2/c1-4-16(21-17-13-9-8-10-14(17)2)18(20)19(3)15-11-6-5-7-12-15/h5-13,16H,4H2,1-3H3/t16-/m0/s1. The summed E-state index contributed by atoms with van der Waals surface area (Å²) in [6.07, 6.45) is 0.154. The molecule has 0 heterocycles. The monoisotopic (exact) mass is 283 g/mol. The van der Waals surface area contributed by atoms with Crippen molar-refractivity contribution in [1.82, 2.24) is 0 Å². The topological polar surface area (TPSA) is 29.5 Å². The number of nitrogens with zero attached hydrogens (tertiary/aromatic N) is 1. The average molecular weight is 283 g/mol. The maximum absolute atomic E-state index is 12.6. The molecule has 0 N–H and O–H groups in total. The van der Waals surface area contributed by atoms with E-state index in [-0.39, 0.29) is 5.91 Å². The number of amides is 1. The van der Waals surface area contributed by atoms with E-state index >= 15 is 0 Å². The van der Waals surface area contributed by atoms with Gasteiger partial charge in [-0.25, -0.2) is 0 Å². The van der Waals surface area contributed by atoms with Gasteiger partial charge in [-0.15, -0.1) is 0 Å². The normalized spacial score (nSPS) is 11.8. The number of anilines is 1. The van der Waals surface area contributed by atoms with Gasteiger partial charge in [-0.1, -0.05) is 43.3 Å². The van der Waals surface area contributed by atoms with Crippen molar-refractivity contribution in [2.24, 2.45) is 0 Å². The van der Waals surface area contributed by atoms with E-state index in [0.717, 1.165) is 17.0 Å². The summed E-state index contributed by atoms with van der Waals surface area (Å²) in [7, 11) is 1.78. The van der Waals surface area contributed by atoms with Crippen LogP contribution in [0.2, 0.25) is 0 Å². The third kappa shape index (κ3) is 3.63. The van der Waals surface area contributed by atoms with Crippen LogP contribution < -0.4 is 9.64 Å². The Balaban J connectivity index is 2.14. The Kier molecular flexibility index (Phi) is 4.99. The number of carbonyl (C=O) groups is 1. The van der Waals surface area contributed by atoms with E-state index in [1.54, 1.807) is 11.9 Å². The summed E-state index contributed by atoms with van der Waals surface area (Å²) in [6.45, 7) is 3.94. The van der Waals surface area contributed by atoms with Gasteiger partial charge in [-0.3, -0.25) is 4.79 Å². The van der Waals surface area contributed by atoms with Gasteiger partial charge in [-0.05, 0) is 37.1 Å². The first-order valence-electron chi connectivity index (χ1n) is 7.18. The van der Waals surface area contributed by atoms with Gasteiger partial charge in [0.1, 0.15) is 5.75 Å². The number of likely N-dealkylation sites (N-methyl/N-ethyl adjacent to an activating group) is 1. The van der Waals surface area contributed by atoms with Crippen molar-refractivity contribution < 1.29 is 9.53 Å². The van der Waals surface area contributed by atoms with E-state index in [1.165, 1.54) is 0 Å². The van der Waals surface area contributed by atoms with Crippen molar-refractivity contribution in [2.45, 2.75) is 26.4 Å². The zero-order valence-electron chi connectivity index (χ0n) is 12.7. The number of carbonyl (C=O) groups excluding carboxylic acids is 1. The molecule has 2 aromatic rings. The molecule has 0 aliphatic rings. The lowest BCUT2D eigenvalue weighted by atomic mass is 10.2. The fraction of sp³-hybridized carbons (Fsp3) is 0.278. The molecule has 0 unspecified atom stereocenters. The average Bonchev–Trinajstić information content (AvgIpc) is 2.53. The van der Waals surface area contributed by atoms with E-state index < -0.39 is 6.10 Å². The highest BCUT2D eigenvalue weighted by molar-refractivity contribution is 5.96. The van der Waals surface area contributed by atoms with Crippen LogP contribution in [0.3, 0.4) is 0 Å². The number of aryl methyl sites for hydroxylation is 1. The van der Waals surface area contributed by atoms with Gasteiger partial charge in [-0.2, -0.15) is 0 Å². The highest BCUT2D eigenvalue weighted by Gasteiger charge is 2.23. The molecule has 3 heteroatoms. The molecule has 0 saturated heterocycles. The lowest BCUT2D eigenvalue weighted by Gasteiger charge is -2.24. The lowest BCUT2D eigenvalue weighted by Crippen LogP contribution is -2.39. The minimum atomic E-state index is -0.476. The quantitative estimate of drug-likeness (QED) is 0.835. The number of ether oxygens (including phenoxy) is 1. The van der Waals surface area contributed by atoms with Crippen LogP contribution in [0, 0.1) is 6.92 Å². The Morgan fingerprint density at radius 1 is 1.10 bits per heavy atom. The molecule has 0 aliphatic heterocycles. The molecule has 2 aromatic carbocycles. The first-order chi connectivity index (χ1) is 10.1. The maximum Gasteiger partial charge on any atom is 0.267 e. The molecule has 21 heavy (non-hydrogen) atoms. The van der Waals surface area contributed by atoms with Gasteiger partial charge < -0.3 is 9.64 Å². The van der Waals surface area contributed by atoms with Gasteiger partial charge in [0.25, 0.3) is 5.91 Å². The molecule has 1 amide bonds. The molecule has 0 saturated carbocycles. The van der Waals surface area contributed by atoms with E-state index in [1.807, 2.05) is 68.4 Å². The molecule has 0 radical (unpaired) electrons. The molecule has 110 valence electrons. The molecule has 0 aromatic heterocycles. The van der Waals surface area contributed by atoms with Gasteiger partial charge >= 0.3 is 0 Å². The Labute approximate surface area is 126 Å². The summed E-state index contributed by atoms with van der Waals surface area (Å²) in [5, 5.41) is 0. The second-order valence-electron chi connectivity index (χ2n) is 5.01. The SMILES string of the molecule is CC[C@H](Oc1ccccc1C)C(=O)N(C)c1ccccc1. The summed E-state index contributed by atoms with van der Waals surface area (Å²) < 4.78 is 5.91. The predicted octanol–water partition coefficient (Wildman–Crippen LogP) is 3.82. The smallest absolute Gasteiger partial charge is 0.267 e. The highest BCUT2D eigenvalue weighted by atomic mass is 16.5. The van der Waals surface area contributed by atoms with Crippen molar-refractivity contribution in [2.75, 3.05) is 11.9 Å². The molecule has 0 aliphatic carbocycles. The van der Waals surface area contributed by atoms with E-state index in [0.29, 0.717) is 6.42 Å². The molecule has 1 atom stereocenters. The van der Waals surface area contributed by atoms with Crippen LogP contribution in [0.1, 0.15) is 18.9 Å². The maximum atomic E-state index is 12.6. The van der Waals surface area contributed by atoms with Crippen molar-refractivity contribution in [3.05, 3.63) is 60.2 Å². The van der Waals surface area contributed by atoms with Gasteiger partial charge in [0, 0.05) is 12.7 Å². The minimum Gasteiger partial charge on any atom is -0.480 e. The van der Waals surface area contributed by atoms with E-state index in [9.17, 15) is 4.79 Å². The Morgan fingerprint density at radius 3 is 2.33 bits per heavy atom. The molecular formula is C18H21NO2. The predicted molar refractivity (Wildman–Crippen MR) is 85.7 cm³/mol. The van der Waals surface area contributed by atoms with Crippen molar-refractivity contribution in [3.8, 4) is 5.75 Å². The fourth-order valence-corrected chi connectivity index (χ4v) is 2.15. The van der Waals surface area contributed by atoms with Gasteiger partial charge in [0.15, 0.2) is 6.10 Å². The third-order valence-corrected chi connectivity index (χ3v) is 3.48. The number of hydrogen-bond donors (Lipinski definition) is 0. The van der Waals surface area contributed by atoms with E-state index in [2.05, 4.69) is 0 Å². The zero-order chi connectivity index (χ0) is 15.2. The molecular weight excluding hydrogens is 262 g/mol.